The van der Waals surface area contributed by atoms with Gasteiger partial charge in [-0.05, 0) is 6.07 Å². The van der Waals surface area contributed by atoms with E-state index in [1.165, 1.54) is 17.2 Å². The normalized spacial score (nSPS) is 17.3. The van der Waals surface area contributed by atoms with E-state index in [2.05, 4.69) is 4.98 Å². The average molecular weight is 320 g/mol. The number of pyridine rings is 1. The second-order valence-corrected chi connectivity index (χ2v) is 5.66. The minimum absolute atomic E-state index is 0.0132. The molecule has 1 fully saturated rings. The molecule has 120 valence electrons. The maximum Gasteiger partial charge on any atom is 0.490 e. The highest BCUT2D eigenvalue weighted by atomic mass is 19.3. The highest BCUT2D eigenvalue weighted by Gasteiger charge is 2.35. The fourth-order valence-corrected chi connectivity index (χ4v) is 2.73. The van der Waals surface area contributed by atoms with Crippen molar-refractivity contribution in [2.45, 2.75) is 18.8 Å². The highest BCUT2D eigenvalue weighted by Crippen LogP contribution is 2.28. The van der Waals surface area contributed by atoms with Crippen LogP contribution in [-0.2, 0) is 0 Å². The van der Waals surface area contributed by atoms with Crippen LogP contribution in [0.5, 0.6) is 0 Å². The molecule has 0 spiro atoms. The first-order valence-corrected chi connectivity index (χ1v) is 7.29. The van der Waals surface area contributed by atoms with Gasteiger partial charge in [-0.15, -0.1) is 0 Å². The molecule has 23 heavy (non-hydrogen) atoms. The van der Waals surface area contributed by atoms with Gasteiger partial charge in [0, 0.05) is 43.0 Å². The third-order valence-electron chi connectivity index (χ3n) is 4.05. The van der Waals surface area contributed by atoms with Crippen LogP contribution in [-0.4, -0.2) is 52.0 Å². The van der Waals surface area contributed by atoms with Crippen LogP contribution in [0, 0.1) is 0 Å². The Hall–Kier alpha value is -2.06. The summed E-state index contributed by atoms with van der Waals surface area (Å²) in [5, 5.41) is 19.2. The van der Waals surface area contributed by atoms with Crippen molar-refractivity contribution in [1.82, 2.24) is 9.88 Å². The van der Waals surface area contributed by atoms with E-state index in [-0.39, 0.29) is 37.3 Å². The summed E-state index contributed by atoms with van der Waals surface area (Å²) in [6.45, 7) is 0.0263. The van der Waals surface area contributed by atoms with Crippen molar-refractivity contribution >= 4 is 29.4 Å². The fourth-order valence-electron chi connectivity index (χ4n) is 2.73. The van der Waals surface area contributed by atoms with Crippen molar-refractivity contribution in [3.8, 4) is 0 Å². The molecule has 1 aliphatic rings. The van der Waals surface area contributed by atoms with Crippen LogP contribution in [0.25, 0.3) is 10.9 Å². The number of nitrogens with zero attached hydrogens (tertiary/aromatic N) is 2. The summed E-state index contributed by atoms with van der Waals surface area (Å²) in [4.78, 5) is 17.9. The Morgan fingerprint density at radius 2 is 1.96 bits per heavy atom. The molecule has 2 aromatic rings. The van der Waals surface area contributed by atoms with E-state index >= 15 is 0 Å². The number of amides is 1. The van der Waals surface area contributed by atoms with E-state index < -0.39 is 13.0 Å². The number of halogens is 2. The monoisotopic (exact) mass is 320 g/mol. The molecule has 3 rings (SSSR count). The summed E-state index contributed by atoms with van der Waals surface area (Å²) in [5.74, 6) is -3.05. The second kappa shape index (κ2) is 5.86. The van der Waals surface area contributed by atoms with E-state index in [1.54, 1.807) is 18.2 Å². The Kier molecular flexibility index (Phi) is 4.03. The highest BCUT2D eigenvalue weighted by molar-refractivity contribution is 6.61. The molecule has 0 bridgehead atoms. The lowest BCUT2D eigenvalue weighted by molar-refractivity contribution is -0.0494. The van der Waals surface area contributed by atoms with E-state index in [9.17, 15) is 23.6 Å². The third-order valence-corrected chi connectivity index (χ3v) is 4.05. The first kappa shape index (κ1) is 15.8. The van der Waals surface area contributed by atoms with Crippen molar-refractivity contribution in [3.63, 3.8) is 0 Å². The molecule has 0 radical (unpaired) electrons. The van der Waals surface area contributed by atoms with Gasteiger partial charge in [-0.1, -0.05) is 18.2 Å². The van der Waals surface area contributed by atoms with Gasteiger partial charge in [0.15, 0.2) is 0 Å². The third kappa shape index (κ3) is 3.18. The molecule has 1 saturated heterocycles. The molecule has 0 atom stereocenters. The van der Waals surface area contributed by atoms with Gasteiger partial charge in [-0.25, -0.2) is 8.78 Å². The maximum absolute atomic E-state index is 13.2. The molecular formula is C15H15BF2N2O3. The zero-order valence-electron chi connectivity index (χ0n) is 12.2. The predicted octanol–water partition coefficient (Wildman–Crippen LogP) is 0.786. The Morgan fingerprint density at radius 3 is 2.61 bits per heavy atom. The lowest BCUT2D eigenvalue weighted by Crippen LogP contribution is -2.42. The molecule has 0 unspecified atom stereocenters. The van der Waals surface area contributed by atoms with Gasteiger partial charge in [0.05, 0.1) is 11.1 Å². The molecule has 0 saturated carbocycles. The number of para-hydroxylation sites is 1. The number of rotatable bonds is 2. The number of fused-ring (bicyclic) bond motifs is 1. The predicted molar refractivity (Wildman–Crippen MR) is 81.7 cm³/mol. The van der Waals surface area contributed by atoms with E-state index in [0.29, 0.717) is 16.5 Å². The van der Waals surface area contributed by atoms with Gasteiger partial charge in [0.1, 0.15) is 0 Å². The van der Waals surface area contributed by atoms with Crippen LogP contribution in [0.4, 0.5) is 8.78 Å². The summed E-state index contributed by atoms with van der Waals surface area (Å²) in [6, 6.07) is 6.46. The van der Waals surface area contributed by atoms with Gasteiger partial charge in [0.2, 0.25) is 0 Å². The molecule has 5 nitrogen and oxygen atoms in total. The summed E-state index contributed by atoms with van der Waals surface area (Å²) in [5.41, 5.74) is 0.940. The SMILES string of the molecule is O=C(c1cnc2c(B(O)O)cccc2c1)N1CCC(F)(F)CC1. The number of hydrogen-bond donors (Lipinski definition) is 2. The van der Waals surface area contributed by atoms with Crippen molar-refractivity contribution in [2.24, 2.45) is 0 Å². The Labute approximate surface area is 131 Å². The smallest absolute Gasteiger partial charge is 0.423 e. The minimum atomic E-state index is -2.70. The summed E-state index contributed by atoms with van der Waals surface area (Å²) in [6.07, 6.45) is 0.671. The molecule has 1 aromatic heterocycles. The van der Waals surface area contributed by atoms with Crippen molar-refractivity contribution < 1.29 is 23.6 Å². The number of benzene rings is 1. The van der Waals surface area contributed by atoms with E-state index in [0.717, 1.165) is 0 Å². The lowest BCUT2D eigenvalue weighted by atomic mass is 9.79. The Balaban J connectivity index is 1.88. The minimum Gasteiger partial charge on any atom is -0.423 e. The zero-order valence-corrected chi connectivity index (χ0v) is 12.2. The van der Waals surface area contributed by atoms with Gasteiger partial charge < -0.3 is 14.9 Å². The standard InChI is InChI=1S/C15H15BF2N2O3/c17-15(18)4-6-20(7-5-15)14(21)11-8-10-2-1-3-12(16(22)23)13(10)19-9-11/h1-3,8-9,22-23H,4-7H2. The van der Waals surface area contributed by atoms with Crippen LogP contribution < -0.4 is 5.46 Å². The number of hydrogen-bond acceptors (Lipinski definition) is 4. The first-order valence-electron chi connectivity index (χ1n) is 7.29. The quantitative estimate of drug-likeness (QED) is 0.802. The molecule has 1 aliphatic heterocycles. The number of aromatic nitrogens is 1. The van der Waals surface area contributed by atoms with Crippen LogP contribution in [0.2, 0.25) is 0 Å². The van der Waals surface area contributed by atoms with Crippen LogP contribution in [0.1, 0.15) is 23.2 Å². The number of alkyl halides is 2. The first-order chi connectivity index (χ1) is 10.9. The molecule has 2 N–H and O–H groups in total. The van der Waals surface area contributed by atoms with Crippen molar-refractivity contribution in [3.05, 3.63) is 36.0 Å². The summed E-state index contributed by atoms with van der Waals surface area (Å²) in [7, 11) is -1.66. The lowest BCUT2D eigenvalue weighted by Gasteiger charge is -2.31. The molecule has 0 aliphatic carbocycles. The number of carbonyl (C=O) groups is 1. The molecule has 8 heteroatoms. The Bertz CT molecular complexity index is 745. The molecular weight excluding hydrogens is 305 g/mol. The molecule has 1 aromatic carbocycles. The molecule has 1 amide bonds. The van der Waals surface area contributed by atoms with Gasteiger partial charge in [-0.3, -0.25) is 9.78 Å². The Morgan fingerprint density at radius 1 is 1.26 bits per heavy atom. The number of piperidine rings is 1. The van der Waals surface area contributed by atoms with E-state index in [1.807, 2.05) is 0 Å². The fraction of sp³-hybridized carbons (Fsp3) is 0.333. The number of likely N-dealkylation sites (tertiary alicyclic amines) is 1. The zero-order chi connectivity index (χ0) is 16.6. The van der Waals surface area contributed by atoms with Crippen molar-refractivity contribution in [2.75, 3.05) is 13.1 Å². The average Bonchev–Trinajstić information content (AvgIpc) is 2.53. The van der Waals surface area contributed by atoms with Crippen LogP contribution >= 0.6 is 0 Å². The van der Waals surface area contributed by atoms with Gasteiger partial charge in [0.25, 0.3) is 11.8 Å². The summed E-state index contributed by atoms with van der Waals surface area (Å²) >= 11 is 0. The second-order valence-electron chi connectivity index (χ2n) is 5.66. The van der Waals surface area contributed by atoms with Gasteiger partial charge >= 0.3 is 7.12 Å². The number of carbonyl (C=O) groups excluding carboxylic acids is 1. The van der Waals surface area contributed by atoms with Crippen molar-refractivity contribution in [1.29, 1.82) is 0 Å². The largest absolute Gasteiger partial charge is 0.490 e. The summed E-state index contributed by atoms with van der Waals surface area (Å²) < 4.78 is 26.3. The topological polar surface area (TPSA) is 73.7 Å². The van der Waals surface area contributed by atoms with Crippen LogP contribution in [0.3, 0.4) is 0 Å². The van der Waals surface area contributed by atoms with Gasteiger partial charge in [-0.2, -0.15) is 0 Å². The van der Waals surface area contributed by atoms with E-state index in [4.69, 9.17) is 0 Å². The van der Waals surface area contributed by atoms with Crippen LogP contribution in [0.15, 0.2) is 30.5 Å². The maximum atomic E-state index is 13.2. The molecule has 2 heterocycles.